The SMILES string of the molecule is O=C(c1ccc(C2=CSC3=CC=NC32)cc1)N1CCN(C(=O)C2(O)CC2)CC1. The van der Waals surface area contributed by atoms with Crippen molar-refractivity contribution in [2.45, 2.75) is 24.5 Å². The molecule has 2 fully saturated rings. The Hall–Kier alpha value is -2.38. The molecule has 1 aromatic rings. The van der Waals surface area contributed by atoms with Gasteiger partial charge in [-0.15, -0.1) is 0 Å². The maximum atomic E-state index is 12.8. The molecule has 28 heavy (non-hydrogen) atoms. The summed E-state index contributed by atoms with van der Waals surface area (Å²) in [5, 5.41) is 12.1. The molecule has 1 atom stereocenters. The third kappa shape index (κ3) is 2.99. The molecule has 2 amide bonds. The minimum absolute atomic E-state index is 0.0157. The highest BCUT2D eigenvalue weighted by molar-refractivity contribution is 8.06. The average molecular weight is 395 g/mol. The number of benzene rings is 1. The molecule has 1 unspecified atom stereocenters. The number of fused-ring (bicyclic) bond motifs is 1. The molecule has 1 aliphatic carbocycles. The number of allylic oxidation sites excluding steroid dienone is 1. The Kier molecular flexibility index (Phi) is 4.17. The molecule has 1 saturated carbocycles. The van der Waals surface area contributed by atoms with E-state index in [0.29, 0.717) is 44.6 Å². The van der Waals surface area contributed by atoms with Gasteiger partial charge in [0.05, 0.1) is 0 Å². The smallest absolute Gasteiger partial charge is 0.254 e. The molecule has 3 heterocycles. The van der Waals surface area contributed by atoms with Crippen LogP contribution in [0.15, 0.2) is 45.6 Å². The lowest BCUT2D eigenvalue weighted by Crippen LogP contribution is -2.53. The van der Waals surface area contributed by atoms with Gasteiger partial charge in [-0.3, -0.25) is 14.6 Å². The van der Waals surface area contributed by atoms with E-state index in [0.717, 1.165) is 5.56 Å². The number of rotatable bonds is 3. The highest BCUT2D eigenvalue weighted by atomic mass is 32.2. The Labute approximate surface area is 167 Å². The van der Waals surface area contributed by atoms with Crippen molar-refractivity contribution in [1.82, 2.24) is 9.80 Å². The van der Waals surface area contributed by atoms with Crippen LogP contribution in [0.25, 0.3) is 5.57 Å². The van der Waals surface area contributed by atoms with E-state index in [2.05, 4.69) is 10.4 Å². The zero-order chi connectivity index (χ0) is 19.3. The van der Waals surface area contributed by atoms with E-state index in [4.69, 9.17) is 0 Å². The monoisotopic (exact) mass is 395 g/mol. The number of hydrogen-bond acceptors (Lipinski definition) is 5. The number of carbonyl (C=O) groups excluding carboxylic acids is 2. The predicted molar refractivity (Wildman–Crippen MR) is 109 cm³/mol. The summed E-state index contributed by atoms with van der Waals surface area (Å²) in [4.78, 5) is 34.2. The largest absolute Gasteiger partial charge is 0.380 e. The summed E-state index contributed by atoms with van der Waals surface area (Å²) in [5.41, 5.74) is 1.79. The van der Waals surface area contributed by atoms with Crippen molar-refractivity contribution < 1.29 is 14.7 Å². The third-order valence-electron chi connectivity index (χ3n) is 5.80. The van der Waals surface area contributed by atoms with Crippen molar-refractivity contribution in [1.29, 1.82) is 0 Å². The molecular weight excluding hydrogens is 374 g/mol. The van der Waals surface area contributed by atoms with E-state index in [-0.39, 0.29) is 17.9 Å². The van der Waals surface area contributed by atoms with Crippen LogP contribution in [0.4, 0.5) is 0 Å². The van der Waals surface area contributed by atoms with E-state index < -0.39 is 5.60 Å². The molecule has 1 N–H and O–H groups in total. The van der Waals surface area contributed by atoms with Crippen LogP contribution in [-0.4, -0.2) is 70.8 Å². The molecule has 144 valence electrons. The van der Waals surface area contributed by atoms with Gasteiger partial charge in [0, 0.05) is 42.9 Å². The van der Waals surface area contributed by atoms with Gasteiger partial charge in [-0.25, -0.2) is 0 Å². The topological polar surface area (TPSA) is 73.2 Å². The molecule has 0 bridgehead atoms. The molecule has 3 aliphatic heterocycles. The number of aliphatic imine (C=N–C) groups is 1. The number of thioether (sulfide) groups is 1. The van der Waals surface area contributed by atoms with E-state index >= 15 is 0 Å². The van der Waals surface area contributed by atoms with Crippen LogP contribution < -0.4 is 0 Å². The number of carbonyl (C=O) groups is 2. The van der Waals surface area contributed by atoms with Crippen molar-refractivity contribution in [3.05, 3.63) is 51.8 Å². The first-order valence-corrected chi connectivity index (χ1v) is 10.4. The van der Waals surface area contributed by atoms with Crippen LogP contribution in [-0.2, 0) is 4.79 Å². The maximum absolute atomic E-state index is 12.8. The Morgan fingerprint density at radius 3 is 2.43 bits per heavy atom. The third-order valence-corrected chi connectivity index (χ3v) is 6.80. The van der Waals surface area contributed by atoms with Gasteiger partial charge in [-0.2, -0.15) is 0 Å². The van der Waals surface area contributed by atoms with Gasteiger partial charge in [-0.1, -0.05) is 23.9 Å². The Bertz CT molecular complexity index is 923. The second kappa shape index (κ2) is 6.60. The second-order valence-corrected chi connectivity index (χ2v) is 8.60. The van der Waals surface area contributed by atoms with E-state index in [1.807, 2.05) is 36.6 Å². The molecular formula is C21H21N3O3S. The van der Waals surface area contributed by atoms with Gasteiger partial charge in [0.15, 0.2) is 0 Å². The second-order valence-electron chi connectivity index (χ2n) is 7.65. The fourth-order valence-corrected chi connectivity index (χ4v) is 4.84. The van der Waals surface area contributed by atoms with Crippen LogP contribution in [0.1, 0.15) is 28.8 Å². The standard InChI is InChI=1S/C21H21N3O3S/c25-19(23-9-11-24(12-10-23)20(26)21(27)6-7-21)15-3-1-14(2-4-15)16-13-28-17-5-8-22-18(16)17/h1-5,8,13,18,27H,6-7,9-12H2. The summed E-state index contributed by atoms with van der Waals surface area (Å²) >= 11 is 1.71. The van der Waals surface area contributed by atoms with Crippen molar-refractivity contribution in [2.24, 2.45) is 4.99 Å². The van der Waals surface area contributed by atoms with Crippen LogP contribution in [0.3, 0.4) is 0 Å². The van der Waals surface area contributed by atoms with Crippen molar-refractivity contribution >= 4 is 35.4 Å². The van der Waals surface area contributed by atoms with Crippen molar-refractivity contribution in [3.63, 3.8) is 0 Å². The lowest BCUT2D eigenvalue weighted by Gasteiger charge is -2.35. The molecule has 0 spiro atoms. The Morgan fingerprint density at radius 1 is 1.07 bits per heavy atom. The van der Waals surface area contributed by atoms with Gasteiger partial charge < -0.3 is 14.9 Å². The molecule has 6 nitrogen and oxygen atoms in total. The van der Waals surface area contributed by atoms with Gasteiger partial charge in [0.25, 0.3) is 11.8 Å². The number of hydrogen-bond donors (Lipinski definition) is 1. The van der Waals surface area contributed by atoms with Crippen LogP contribution >= 0.6 is 11.8 Å². The number of piperazine rings is 1. The Balaban J connectivity index is 1.22. The van der Waals surface area contributed by atoms with Crippen LogP contribution in [0.5, 0.6) is 0 Å². The summed E-state index contributed by atoms with van der Waals surface area (Å²) in [7, 11) is 0. The summed E-state index contributed by atoms with van der Waals surface area (Å²) in [5.74, 6) is -0.201. The Morgan fingerprint density at radius 2 is 1.75 bits per heavy atom. The van der Waals surface area contributed by atoms with E-state index in [1.54, 1.807) is 21.6 Å². The predicted octanol–water partition coefficient (Wildman–Crippen LogP) is 1.92. The van der Waals surface area contributed by atoms with Gasteiger partial charge in [0.1, 0.15) is 11.6 Å². The molecule has 5 rings (SSSR count). The molecule has 7 heteroatoms. The van der Waals surface area contributed by atoms with Crippen LogP contribution in [0.2, 0.25) is 0 Å². The van der Waals surface area contributed by atoms with E-state index in [1.165, 1.54) is 10.5 Å². The average Bonchev–Trinajstić information content (AvgIpc) is 3.14. The molecule has 0 radical (unpaired) electrons. The number of nitrogens with zero attached hydrogens (tertiary/aromatic N) is 3. The zero-order valence-electron chi connectivity index (χ0n) is 15.4. The summed E-state index contributed by atoms with van der Waals surface area (Å²) < 4.78 is 0. The first kappa shape index (κ1) is 17.7. The minimum Gasteiger partial charge on any atom is -0.380 e. The van der Waals surface area contributed by atoms with E-state index in [9.17, 15) is 14.7 Å². The molecule has 4 aliphatic rings. The maximum Gasteiger partial charge on any atom is 0.254 e. The molecule has 1 aromatic carbocycles. The van der Waals surface area contributed by atoms with Gasteiger partial charge in [-0.05, 0) is 47.6 Å². The number of amides is 2. The minimum atomic E-state index is -1.13. The first-order valence-electron chi connectivity index (χ1n) is 9.57. The summed E-state index contributed by atoms with van der Waals surface area (Å²) in [6.07, 6.45) is 5.00. The lowest BCUT2D eigenvalue weighted by molar-refractivity contribution is -0.143. The highest BCUT2D eigenvalue weighted by Gasteiger charge is 2.50. The quantitative estimate of drug-likeness (QED) is 0.849. The molecule has 0 aromatic heterocycles. The van der Waals surface area contributed by atoms with Crippen LogP contribution in [0, 0.1) is 0 Å². The lowest BCUT2D eigenvalue weighted by atomic mass is 9.99. The van der Waals surface area contributed by atoms with Crippen molar-refractivity contribution in [3.8, 4) is 0 Å². The first-order chi connectivity index (χ1) is 13.5. The van der Waals surface area contributed by atoms with Crippen molar-refractivity contribution in [2.75, 3.05) is 26.2 Å². The zero-order valence-corrected chi connectivity index (χ0v) is 16.2. The highest BCUT2D eigenvalue weighted by Crippen LogP contribution is 2.43. The van der Waals surface area contributed by atoms with Gasteiger partial charge in [0.2, 0.25) is 0 Å². The van der Waals surface area contributed by atoms with Gasteiger partial charge >= 0.3 is 0 Å². The number of aliphatic hydroxyl groups is 1. The normalized spacial score (nSPS) is 24.7. The summed E-state index contributed by atoms with van der Waals surface area (Å²) in [6.45, 7) is 1.94. The fraction of sp³-hybridized carbons (Fsp3) is 0.381. The summed E-state index contributed by atoms with van der Waals surface area (Å²) in [6, 6.07) is 7.82. The fourth-order valence-electron chi connectivity index (χ4n) is 3.85. The molecule has 1 saturated heterocycles.